The fraction of sp³-hybridized carbons (Fsp3) is 0.467. The van der Waals surface area contributed by atoms with Crippen molar-refractivity contribution in [3.05, 3.63) is 47.7 Å². The molecule has 0 saturated heterocycles. The summed E-state index contributed by atoms with van der Waals surface area (Å²) >= 11 is 0. The molecule has 0 spiro atoms. The lowest BCUT2D eigenvalue weighted by atomic mass is 10.1. The molecule has 0 aromatic heterocycles. The first-order valence-corrected chi connectivity index (χ1v) is 6.01. The van der Waals surface area contributed by atoms with Crippen LogP contribution in [-0.4, -0.2) is 6.61 Å². The van der Waals surface area contributed by atoms with E-state index < -0.39 is 0 Å². The maximum absolute atomic E-state index is 5.46. The van der Waals surface area contributed by atoms with Crippen molar-refractivity contribution < 1.29 is 4.74 Å². The number of benzene rings is 1. The summed E-state index contributed by atoms with van der Waals surface area (Å²) in [6.45, 7) is 7.32. The van der Waals surface area contributed by atoms with Gasteiger partial charge in [0.1, 0.15) is 0 Å². The van der Waals surface area contributed by atoms with Crippen LogP contribution in [0.5, 0.6) is 0 Å². The Labute approximate surface area is 99.1 Å². The smallest absolute Gasteiger partial charge is 0.0913 e. The molecule has 0 radical (unpaired) electrons. The second kappa shape index (κ2) is 7.10. The maximum Gasteiger partial charge on any atom is 0.0913 e. The van der Waals surface area contributed by atoms with E-state index in [1.54, 1.807) is 0 Å². The van der Waals surface area contributed by atoms with Crippen LogP contribution >= 0.6 is 0 Å². The minimum Gasteiger partial charge on any atom is -0.501 e. The molecule has 1 aromatic rings. The third kappa shape index (κ3) is 5.01. The summed E-state index contributed by atoms with van der Waals surface area (Å²) in [5.74, 6) is 0.705. The van der Waals surface area contributed by atoms with Crippen LogP contribution in [0.3, 0.4) is 0 Å². The molecule has 1 nitrogen and oxygen atoms in total. The van der Waals surface area contributed by atoms with Gasteiger partial charge in [-0.15, -0.1) is 0 Å². The van der Waals surface area contributed by atoms with Crippen molar-refractivity contribution in [1.29, 1.82) is 0 Å². The zero-order chi connectivity index (χ0) is 11.8. The third-order valence-corrected chi connectivity index (χ3v) is 2.55. The molecule has 1 aromatic carbocycles. The van der Waals surface area contributed by atoms with Gasteiger partial charge in [-0.3, -0.25) is 0 Å². The molecule has 1 heteroatoms. The second-order valence-electron chi connectivity index (χ2n) is 4.55. The lowest BCUT2D eigenvalue weighted by molar-refractivity contribution is 0.252. The van der Waals surface area contributed by atoms with Gasteiger partial charge in [0.05, 0.1) is 12.9 Å². The Morgan fingerprint density at radius 3 is 2.69 bits per heavy atom. The van der Waals surface area contributed by atoms with Crippen LogP contribution in [0.2, 0.25) is 0 Å². The van der Waals surface area contributed by atoms with E-state index in [0.29, 0.717) is 5.92 Å². The van der Waals surface area contributed by atoms with Crippen LogP contribution in [0.15, 0.2) is 36.6 Å². The summed E-state index contributed by atoms with van der Waals surface area (Å²) in [5, 5.41) is 0. The van der Waals surface area contributed by atoms with Crippen molar-refractivity contribution in [2.75, 3.05) is 6.61 Å². The van der Waals surface area contributed by atoms with Gasteiger partial charge in [0, 0.05) is 6.42 Å². The second-order valence-corrected chi connectivity index (χ2v) is 4.55. The van der Waals surface area contributed by atoms with Crippen LogP contribution in [-0.2, 0) is 11.2 Å². The van der Waals surface area contributed by atoms with E-state index in [1.807, 2.05) is 6.26 Å². The molecular formula is C15H22O. The topological polar surface area (TPSA) is 9.23 Å². The van der Waals surface area contributed by atoms with Gasteiger partial charge in [0.2, 0.25) is 0 Å². The highest BCUT2D eigenvalue weighted by Crippen LogP contribution is 2.07. The van der Waals surface area contributed by atoms with Crippen LogP contribution in [0.1, 0.15) is 31.4 Å². The molecule has 0 unspecified atom stereocenters. The average molecular weight is 218 g/mol. The lowest BCUT2D eigenvalue weighted by Crippen LogP contribution is -1.96. The predicted octanol–water partition coefficient (Wildman–Crippen LogP) is 4.11. The van der Waals surface area contributed by atoms with Crippen molar-refractivity contribution in [2.24, 2.45) is 5.92 Å². The van der Waals surface area contributed by atoms with Crippen molar-refractivity contribution >= 4 is 0 Å². The molecule has 1 rings (SSSR count). The van der Waals surface area contributed by atoms with E-state index in [9.17, 15) is 0 Å². The molecule has 0 aliphatic carbocycles. The molecule has 0 N–H and O–H groups in total. The standard InChI is InChI=1S/C15H22O/c1-13(2)7-6-11-16-12-10-15-9-5-4-8-14(15)3/h4-6,8-9,11,13H,7,10,12H2,1-3H3/b11-6-. The van der Waals surface area contributed by atoms with E-state index in [-0.39, 0.29) is 0 Å². The molecular weight excluding hydrogens is 196 g/mol. The van der Waals surface area contributed by atoms with E-state index >= 15 is 0 Å². The zero-order valence-corrected chi connectivity index (χ0v) is 10.6. The average Bonchev–Trinajstić information content (AvgIpc) is 2.25. The Balaban J connectivity index is 2.21. The summed E-state index contributed by atoms with van der Waals surface area (Å²) in [6, 6.07) is 8.46. The number of aryl methyl sites for hydroxylation is 1. The Bertz CT molecular complexity index is 326. The monoisotopic (exact) mass is 218 g/mol. The van der Waals surface area contributed by atoms with Crippen LogP contribution in [0.25, 0.3) is 0 Å². The van der Waals surface area contributed by atoms with Gasteiger partial charge in [-0.25, -0.2) is 0 Å². The van der Waals surface area contributed by atoms with Gasteiger partial charge >= 0.3 is 0 Å². The molecule has 16 heavy (non-hydrogen) atoms. The van der Waals surface area contributed by atoms with Crippen molar-refractivity contribution in [3.8, 4) is 0 Å². The highest BCUT2D eigenvalue weighted by Gasteiger charge is 1.95. The maximum atomic E-state index is 5.46. The highest BCUT2D eigenvalue weighted by atomic mass is 16.5. The van der Waals surface area contributed by atoms with E-state index in [0.717, 1.165) is 19.4 Å². The van der Waals surface area contributed by atoms with Crippen LogP contribution < -0.4 is 0 Å². The fourth-order valence-corrected chi connectivity index (χ4v) is 1.52. The number of rotatable bonds is 6. The first-order valence-electron chi connectivity index (χ1n) is 6.01. The van der Waals surface area contributed by atoms with Crippen molar-refractivity contribution in [3.63, 3.8) is 0 Å². The molecule has 0 aliphatic rings. The van der Waals surface area contributed by atoms with Gasteiger partial charge < -0.3 is 4.74 Å². The summed E-state index contributed by atoms with van der Waals surface area (Å²) in [5.41, 5.74) is 2.72. The molecule has 0 amide bonds. The molecule has 88 valence electrons. The Kier molecular flexibility index (Phi) is 5.69. The Morgan fingerprint density at radius 1 is 1.25 bits per heavy atom. The van der Waals surface area contributed by atoms with Gasteiger partial charge in [-0.05, 0) is 36.5 Å². The van der Waals surface area contributed by atoms with E-state index in [2.05, 4.69) is 51.1 Å². The normalized spacial score (nSPS) is 11.2. The van der Waals surface area contributed by atoms with E-state index in [1.165, 1.54) is 11.1 Å². The van der Waals surface area contributed by atoms with Gasteiger partial charge in [-0.1, -0.05) is 38.1 Å². The summed E-state index contributed by atoms with van der Waals surface area (Å²) in [7, 11) is 0. The molecule has 0 bridgehead atoms. The molecule has 0 saturated carbocycles. The van der Waals surface area contributed by atoms with Crippen LogP contribution in [0.4, 0.5) is 0 Å². The predicted molar refractivity (Wildman–Crippen MR) is 69.4 cm³/mol. The molecule has 0 aliphatic heterocycles. The minimum absolute atomic E-state index is 0.705. The summed E-state index contributed by atoms with van der Waals surface area (Å²) in [4.78, 5) is 0. The van der Waals surface area contributed by atoms with Gasteiger partial charge in [-0.2, -0.15) is 0 Å². The molecule has 0 fully saturated rings. The number of ether oxygens (including phenoxy) is 1. The highest BCUT2D eigenvalue weighted by molar-refractivity contribution is 5.25. The van der Waals surface area contributed by atoms with Crippen LogP contribution in [0, 0.1) is 12.8 Å². The third-order valence-electron chi connectivity index (χ3n) is 2.55. The SMILES string of the molecule is Cc1ccccc1CCO/C=C\CC(C)C. The molecule has 0 atom stereocenters. The summed E-state index contributed by atoms with van der Waals surface area (Å²) < 4.78 is 5.46. The zero-order valence-electron chi connectivity index (χ0n) is 10.6. The number of hydrogen-bond acceptors (Lipinski definition) is 1. The lowest BCUT2D eigenvalue weighted by Gasteiger charge is -2.05. The molecule has 0 heterocycles. The van der Waals surface area contributed by atoms with Crippen molar-refractivity contribution in [2.45, 2.75) is 33.6 Å². The summed E-state index contributed by atoms with van der Waals surface area (Å²) in [6.07, 6.45) is 6.00. The largest absolute Gasteiger partial charge is 0.501 e. The first-order chi connectivity index (χ1) is 7.70. The fourth-order valence-electron chi connectivity index (χ4n) is 1.52. The minimum atomic E-state index is 0.705. The number of allylic oxidation sites excluding steroid dienone is 1. The Hall–Kier alpha value is -1.24. The van der Waals surface area contributed by atoms with E-state index in [4.69, 9.17) is 4.74 Å². The van der Waals surface area contributed by atoms with Gasteiger partial charge in [0.25, 0.3) is 0 Å². The first kappa shape index (κ1) is 12.8. The van der Waals surface area contributed by atoms with Gasteiger partial charge in [0.15, 0.2) is 0 Å². The quantitative estimate of drug-likeness (QED) is 0.515. The number of hydrogen-bond donors (Lipinski definition) is 0. The van der Waals surface area contributed by atoms with Crippen molar-refractivity contribution in [1.82, 2.24) is 0 Å². The Morgan fingerprint density at radius 2 is 2.00 bits per heavy atom.